The number of benzene rings is 3. The van der Waals surface area contributed by atoms with Crippen LogP contribution in [-0.2, 0) is 29.6 Å². The number of rotatable bonds is 8. The summed E-state index contributed by atoms with van der Waals surface area (Å²) in [6.07, 6.45) is 7.69. The average Bonchev–Trinajstić information content (AvgIpc) is 3.78. The Hall–Kier alpha value is -5.69. The molecule has 12 nitrogen and oxygen atoms in total. The monoisotopic (exact) mass is 653 g/mol. The van der Waals surface area contributed by atoms with E-state index in [4.69, 9.17) is 11.6 Å². The third-order valence-electron chi connectivity index (χ3n) is 8.08. The first-order chi connectivity index (χ1) is 22.8. The van der Waals surface area contributed by atoms with E-state index in [1.165, 1.54) is 34.1 Å². The Labute approximate surface area is 273 Å². The molecule has 3 heterocycles. The molecule has 2 N–H and O–H groups in total. The van der Waals surface area contributed by atoms with Gasteiger partial charge in [-0.3, -0.25) is 14.4 Å². The summed E-state index contributed by atoms with van der Waals surface area (Å²) in [4.78, 5) is 45.7. The molecule has 1 aliphatic rings. The van der Waals surface area contributed by atoms with Gasteiger partial charge in [-0.1, -0.05) is 41.9 Å². The van der Waals surface area contributed by atoms with Crippen LogP contribution in [0, 0.1) is 5.82 Å². The van der Waals surface area contributed by atoms with Gasteiger partial charge >= 0.3 is 0 Å². The Balaban J connectivity index is 1.36. The molecule has 5 aromatic rings. The molecule has 238 valence electrons. The maximum atomic E-state index is 15.2. The van der Waals surface area contributed by atoms with Crippen LogP contribution in [-0.4, -0.2) is 66.0 Å². The summed E-state index contributed by atoms with van der Waals surface area (Å²) in [6, 6.07) is 14.7. The first-order valence-corrected chi connectivity index (χ1v) is 15.0. The average molecular weight is 654 g/mol. The summed E-state index contributed by atoms with van der Waals surface area (Å²) in [7, 11) is 3.40. The number of nitrogens with one attached hydrogen (secondary N) is 2. The number of carbonyl (C=O) groups excluding carboxylic acids is 3. The van der Waals surface area contributed by atoms with Crippen LogP contribution in [0.25, 0.3) is 22.9 Å². The summed E-state index contributed by atoms with van der Waals surface area (Å²) < 4.78 is 18.3. The molecule has 3 amide bonds. The van der Waals surface area contributed by atoms with Gasteiger partial charge in [0.25, 0.3) is 5.91 Å². The summed E-state index contributed by atoms with van der Waals surface area (Å²) in [5, 5.41) is 16.5. The van der Waals surface area contributed by atoms with Crippen LogP contribution in [0.2, 0.25) is 5.02 Å². The van der Waals surface area contributed by atoms with Crippen molar-refractivity contribution in [1.82, 2.24) is 45.3 Å². The van der Waals surface area contributed by atoms with Crippen molar-refractivity contribution < 1.29 is 18.8 Å². The fourth-order valence-electron chi connectivity index (χ4n) is 5.67. The van der Waals surface area contributed by atoms with Crippen LogP contribution in [0.4, 0.5) is 4.39 Å². The zero-order valence-electron chi connectivity index (χ0n) is 25.4. The molecule has 6 rings (SSSR count). The van der Waals surface area contributed by atoms with Gasteiger partial charge in [-0.2, -0.15) is 4.68 Å². The Kier molecular flexibility index (Phi) is 8.89. The molecule has 1 aliphatic heterocycles. The first-order valence-electron chi connectivity index (χ1n) is 14.6. The Morgan fingerprint density at radius 1 is 1.11 bits per heavy atom. The molecule has 0 fully saturated rings. The minimum Gasteiger partial charge on any atom is -0.355 e. The lowest BCUT2D eigenvalue weighted by Crippen LogP contribution is -2.46. The van der Waals surface area contributed by atoms with Crippen molar-refractivity contribution >= 4 is 35.4 Å². The number of halogens is 2. The first kappa shape index (κ1) is 31.3. The minimum atomic E-state index is -0.996. The second kappa shape index (κ2) is 13.3. The van der Waals surface area contributed by atoms with Crippen LogP contribution in [0.3, 0.4) is 0 Å². The van der Waals surface area contributed by atoms with E-state index in [2.05, 4.69) is 31.1 Å². The number of aromatic nitrogens is 6. The van der Waals surface area contributed by atoms with E-state index in [9.17, 15) is 14.4 Å². The minimum absolute atomic E-state index is 0.00818. The second-order valence-electron chi connectivity index (χ2n) is 10.8. The second-order valence-corrected chi connectivity index (χ2v) is 11.2. The van der Waals surface area contributed by atoms with Crippen LogP contribution in [0.1, 0.15) is 38.9 Å². The van der Waals surface area contributed by atoms with Gasteiger partial charge in [0.1, 0.15) is 18.2 Å². The van der Waals surface area contributed by atoms with Crippen LogP contribution in [0.15, 0.2) is 79.4 Å². The Morgan fingerprint density at radius 2 is 1.91 bits per heavy atom. The van der Waals surface area contributed by atoms with Crippen molar-refractivity contribution in [3.05, 3.63) is 118 Å². The van der Waals surface area contributed by atoms with Crippen LogP contribution >= 0.6 is 11.6 Å². The van der Waals surface area contributed by atoms with Crippen molar-refractivity contribution in [3.63, 3.8) is 0 Å². The lowest BCUT2D eigenvalue weighted by molar-refractivity contribution is -0.138. The molecule has 0 saturated carbocycles. The number of tetrazole rings is 1. The van der Waals surface area contributed by atoms with E-state index in [0.29, 0.717) is 23.4 Å². The van der Waals surface area contributed by atoms with Gasteiger partial charge in [-0.25, -0.2) is 9.37 Å². The number of nitrogens with zero attached hydrogens (tertiary/aromatic N) is 7. The van der Waals surface area contributed by atoms with Crippen molar-refractivity contribution in [3.8, 4) is 16.8 Å². The summed E-state index contributed by atoms with van der Waals surface area (Å²) >= 11 is 6.07. The number of aryl methyl sites for hydroxylation is 1. The van der Waals surface area contributed by atoms with Gasteiger partial charge in [-0.05, 0) is 69.4 Å². The van der Waals surface area contributed by atoms with Gasteiger partial charge in [0.2, 0.25) is 11.8 Å². The molecule has 0 aliphatic carbocycles. The molecular formula is C33H29ClFN9O3. The number of amides is 3. The van der Waals surface area contributed by atoms with Crippen molar-refractivity contribution in [2.75, 3.05) is 13.6 Å². The molecule has 47 heavy (non-hydrogen) atoms. The third kappa shape index (κ3) is 6.25. The highest BCUT2D eigenvalue weighted by Crippen LogP contribution is 2.37. The maximum absolute atomic E-state index is 15.2. The molecule has 14 heteroatoms. The number of imidazole rings is 1. The summed E-state index contributed by atoms with van der Waals surface area (Å²) in [6.45, 7) is 0.359. The van der Waals surface area contributed by atoms with E-state index in [-0.39, 0.29) is 35.3 Å². The fraction of sp³-hybridized carbons (Fsp3) is 0.182. The highest BCUT2D eigenvalue weighted by atomic mass is 35.5. The molecule has 0 spiro atoms. The van der Waals surface area contributed by atoms with Crippen molar-refractivity contribution in [2.24, 2.45) is 7.05 Å². The van der Waals surface area contributed by atoms with E-state index in [0.717, 1.165) is 16.7 Å². The predicted octanol–water partition coefficient (Wildman–Crippen LogP) is 3.67. The standard InChI is InChI=1S/C33H29ClFN9O3/c1-36-32(46)21-8-6-20(7-9-21)22-4-3-5-24-23(22)14-16-43(31(24)33(47)38-18-28-37-15-17-42(28)2)29(45)13-10-25-27(44-19-39-40-41-44)12-11-26(34)30(25)35/h3-13,15,17,19,31H,14,16,18H2,1-2H3,(H,36,46)(H,38,47)/b13-10+. The van der Waals surface area contributed by atoms with Crippen LogP contribution in [0.5, 0.6) is 0 Å². The smallest absolute Gasteiger partial charge is 0.251 e. The van der Waals surface area contributed by atoms with Crippen molar-refractivity contribution in [1.29, 1.82) is 0 Å². The SMILES string of the molecule is CNC(=O)c1ccc(-c2cccc3c2CCN(C(=O)/C=C/c2c(-n4cnnn4)ccc(Cl)c2F)C3C(=O)NCc2nccn2C)cc1. The van der Waals surface area contributed by atoms with Gasteiger partial charge in [0.05, 0.1) is 17.3 Å². The van der Waals surface area contributed by atoms with E-state index in [1.54, 1.807) is 42.2 Å². The van der Waals surface area contributed by atoms with E-state index in [1.807, 2.05) is 37.4 Å². The highest BCUT2D eigenvalue weighted by Gasteiger charge is 2.36. The van der Waals surface area contributed by atoms with Crippen LogP contribution < -0.4 is 10.6 Å². The normalized spacial score (nSPS) is 14.2. The zero-order valence-corrected chi connectivity index (χ0v) is 26.1. The summed E-state index contributed by atoms with van der Waals surface area (Å²) in [5.74, 6) is -1.20. The maximum Gasteiger partial charge on any atom is 0.251 e. The van der Waals surface area contributed by atoms with Gasteiger partial charge < -0.3 is 20.1 Å². The molecule has 0 saturated heterocycles. The predicted molar refractivity (Wildman–Crippen MR) is 172 cm³/mol. The number of hydrogen-bond acceptors (Lipinski definition) is 7. The molecule has 0 radical (unpaired) electrons. The van der Waals surface area contributed by atoms with E-state index < -0.39 is 23.7 Å². The highest BCUT2D eigenvalue weighted by molar-refractivity contribution is 6.31. The Morgan fingerprint density at radius 3 is 2.62 bits per heavy atom. The van der Waals surface area contributed by atoms with Crippen molar-refractivity contribution in [2.45, 2.75) is 19.0 Å². The van der Waals surface area contributed by atoms with Gasteiger partial charge in [-0.15, -0.1) is 5.10 Å². The molecule has 1 atom stereocenters. The van der Waals surface area contributed by atoms with E-state index >= 15 is 4.39 Å². The topological polar surface area (TPSA) is 140 Å². The Bertz CT molecular complexity index is 1990. The number of hydrogen-bond donors (Lipinski definition) is 2. The zero-order chi connectivity index (χ0) is 33.1. The van der Waals surface area contributed by atoms with Gasteiger partial charge in [0, 0.05) is 50.2 Å². The largest absolute Gasteiger partial charge is 0.355 e. The molecule has 3 aromatic carbocycles. The molecular weight excluding hydrogens is 625 g/mol. The third-order valence-corrected chi connectivity index (χ3v) is 8.37. The molecule has 2 aromatic heterocycles. The molecule has 1 unspecified atom stereocenters. The van der Waals surface area contributed by atoms with Gasteiger partial charge in [0.15, 0.2) is 5.82 Å². The number of carbonyl (C=O) groups is 3. The molecule has 0 bridgehead atoms. The fourth-order valence-corrected chi connectivity index (χ4v) is 5.84. The lowest BCUT2D eigenvalue weighted by Gasteiger charge is -2.36. The lowest BCUT2D eigenvalue weighted by atomic mass is 9.86. The number of fused-ring (bicyclic) bond motifs is 1. The summed E-state index contributed by atoms with van der Waals surface area (Å²) in [5.41, 5.74) is 4.14. The quantitative estimate of drug-likeness (QED) is 0.244.